The lowest BCUT2D eigenvalue weighted by molar-refractivity contribution is 0.0960. The lowest BCUT2D eigenvalue weighted by atomic mass is 9.96. The average molecular weight is 480 g/mol. The molecule has 0 fully saturated rings. The summed E-state index contributed by atoms with van der Waals surface area (Å²) in [4.78, 5) is 13.9. The van der Waals surface area contributed by atoms with Crippen LogP contribution in [0.5, 0.6) is 5.75 Å². The van der Waals surface area contributed by atoms with Gasteiger partial charge in [-0.2, -0.15) is 5.10 Å². The number of carbonyl (C=O) groups is 1. The van der Waals surface area contributed by atoms with Gasteiger partial charge in [0.25, 0.3) is 5.91 Å². The Hall–Kier alpha value is -4.56. The Labute approximate surface area is 205 Å². The summed E-state index contributed by atoms with van der Waals surface area (Å²) < 4.78 is 5.15. The minimum atomic E-state index is -0.407. The molecule has 2 heterocycles. The van der Waals surface area contributed by atoms with Crippen molar-refractivity contribution in [2.45, 2.75) is 0 Å². The van der Waals surface area contributed by atoms with Crippen molar-refractivity contribution in [2.75, 3.05) is 12.8 Å². The molecule has 5 aromatic rings. The number of fused-ring (bicyclic) bond motifs is 1. The predicted octanol–water partition coefficient (Wildman–Crippen LogP) is 5.38. The molecule has 3 N–H and O–H groups in total. The van der Waals surface area contributed by atoms with Crippen LogP contribution in [-0.2, 0) is 0 Å². The Morgan fingerprint density at radius 1 is 0.943 bits per heavy atom. The normalized spacial score (nSPS) is 11.1. The molecule has 0 saturated heterocycles. The molecule has 0 saturated carbocycles. The number of hydrogen-bond donors (Lipinski definition) is 2. The lowest BCUT2D eigenvalue weighted by Crippen LogP contribution is -2.17. The third-order valence-corrected chi connectivity index (χ3v) is 6.55. The van der Waals surface area contributed by atoms with Gasteiger partial charge in [0.15, 0.2) is 0 Å². The summed E-state index contributed by atoms with van der Waals surface area (Å²) in [7, 11) is 1.61. The SMILES string of the molecule is COc1ccc(/C=N/NC(=O)c2sc3nnc(-c4ccccc4)c(-c4ccccc4)c3c2N)cc1. The summed E-state index contributed by atoms with van der Waals surface area (Å²) in [5.74, 6) is 0.338. The quantitative estimate of drug-likeness (QED) is 0.251. The summed E-state index contributed by atoms with van der Waals surface area (Å²) in [6.07, 6.45) is 1.56. The van der Waals surface area contributed by atoms with E-state index in [0.29, 0.717) is 26.5 Å². The van der Waals surface area contributed by atoms with Crippen LogP contribution in [0.2, 0.25) is 0 Å². The van der Waals surface area contributed by atoms with Gasteiger partial charge in [0.1, 0.15) is 21.2 Å². The number of anilines is 1. The maximum atomic E-state index is 13.0. The highest BCUT2D eigenvalue weighted by molar-refractivity contribution is 7.21. The lowest BCUT2D eigenvalue weighted by Gasteiger charge is -2.11. The van der Waals surface area contributed by atoms with Crippen molar-refractivity contribution in [1.82, 2.24) is 15.6 Å². The molecule has 0 spiro atoms. The van der Waals surface area contributed by atoms with E-state index in [1.165, 1.54) is 11.3 Å². The molecule has 3 aromatic carbocycles. The Balaban J connectivity index is 1.54. The summed E-state index contributed by atoms with van der Waals surface area (Å²) >= 11 is 1.19. The molecule has 1 amide bonds. The van der Waals surface area contributed by atoms with Crippen molar-refractivity contribution in [3.05, 3.63) is 95.4 Å². The largest absolute Gasteiger partial charge is 0.497 e. The van der Waals surface area contributed by atoms with Gasteiger partial charge in [0, 0.05) is 16.5 Å². The first-order valence-electron chi connectivity index (χ1n) is 10.8. The number of amides is 1. The number of aromatic nitrogens is 2. The van der Waals surface area contributed by atoms with Crippen LogP contribution in [-0.4, -0.2) is 29.4 Å². The number of rotatable bonds is 6. The monoisotopic (exact) mass is 479 g/mol. The number of ether oxygens (including phenoxy) is 1. The minimum absolute atomic E-state index is 0.337. The second kappa shape index (κ2) is 9.74. The third kappa shape index (κ3) is 4.47. The zero-order chi connectivity index (χ0) is 24.2. The van der Waals surface area contributed by atoms with Crippen LogP contribution in [0.4, 0.5) is 5.69 Å². The first-order chi connectivity index (χ1) is 17.2. The molecule has 0 radical (unpaired) electrons. The highest BCUT2D eigenvalue weighted by atomic mass is 32.1. The molecule has 0 bridgehead atoms. The summed E-state index contributed by atoms with van der Waals surface area (Å²) in [5.41, 5.74) is 13.7. The zero-order valence-electron chi connectivity index (χ0n) is 18.8. The third-order valence-electron chi connectivity index (χ3n) is 5.47. The van der Waals surface area contributed by atoms with E-state index in [9.17, 15) is 4.79 Å². The van der Waals surface area contributed by atoms with E-state index in [1.54, 1.807) is 13.3 Å². The van der Waals surface area contributed by atoms with E-state index in [2.05, 4.69) is 20.7 Å². The van der Waals surface area contributed by atoms with E-state index >= 15 is 0 Å². The molecular formula is C27H21N5O2S. The smallest absolute Gasteiger partial charge is 0.283 e. The number of nitrogens with one attached hydrogen (secondary N) is 1. The van der Waals surface area contributed by atoms with Gasteiger partial charge >= 0.3 is 0 Å². The number of nitrogen functional groups attached to an aromatic ring is 1. The Morgan fingerprint density at radius 3 is 2.26 bits per heavy atom. The fourth-order valence-corrected chi connectivity index (χ4v) is 4.71. The Bertz CT molecular complexity index is 1510. The maximum absolute atomic E-state index is 13.0. The molecule has 0 unspecified atom stereocenters. The van der Waals surface area contributed by atoms with Gasteiger partial charge in [-0.1, -0.05) is 60.7 Å². The van der Waals surface area contributed by atoms with E-state index in [1.807, 2.05) is 84.9 Å². The fourth-order valence-electron chi connectivity index (χ4n) is 3.77. The van der Waals surface area contributed by atoms with Gasteiger partial charge in [-0.05, 0) is 35.4 Å². The first-order valence-corrected chi connectivity index (χ1v) is 11.6. The van der Waals surface area contributed by atoms with Crippen molar-refractivity contribution in [2.24, 2.45) is 5.10 Å². The number of nitrogens with two attached hydrogens (primary N) is 1. The molecule has 8 heteroatoms. The number of hydrazone groups is 1. The number of carbonyl (C=O) groups excluding carboxylic acids is 1. The molecule has 0 aliphatic carbocycles. The van der Waals surface area contributed by atoms with Gasteiger partial charge in [0.2, 0.25) is 0 Å². The molecule has 2 aromatic heterocycles. The summed E-state index contributed by atoms with van der Waals surface area (Å²) in [6, 6.07) is 27.0. The molecule has 0 aliphatic heterocycles. The number of benzene rings is 3. The molecule has 0 atom stereocenters. The topological polar surface area (TPSA) is 102 Å². The zero-order valence-corrected chi connectivity index (χ0v) is 19.6. The maximum Gasteiger partial charge on any atom is 0.283 e. The highest BCUT2D eigenvalue weighted by Gasteiger charge is 2.23. The van der Waals surface area contributed by atoms with Crippen molar-refractivity contribution >= 4 is 39.4 Å². The van der Waals surface area contributed by atoms with Crippen LogP contribution < -0.4 is 15.9 Å². The van der Waals surface area contributed by atoms with Crippen LogP contribution in [0.15, 0.2) is 90.0 Å². The number of thiophene rings is 1. The van der Waals surface area contributed by atoms with Crippen LogP contribution >= 0.6 is 11.3 Å². The number of hydrogen-bond acceptors (Lipinski definition) is 7. The standard InChI is InChI=1S/C27H21N5O2S/c1-34-20-14-12-17(13-15-20)16-29-31-26(33)25-23(28)22-21(18-8-4-2-5-9-18)24(30-32-27(22)35-25)19-10-6-3-7-11-19/h2-16H,28H2,1H3,(H,31,33)/b29-16+. The molecule has 7 nitrogen and oxygen atoms in total. The predicted molar refractivity (Wildman–Crippen MR) is 141 cm³/mol. The average Bonchev–Trinajstić information content (AvgIpc) is 3.26. The number of nitrogens with zero attached hydrogens (tertiary/aromatic N) is 3. The fraction of sp³-hybridized carbons (Fsp3) is 0.0370. The van der Waals surface area contributed by atoms with Gasteiger partial charge < -0.3 is 10.5 Å². The van der Waals surface area contributed by atoms with Gasteiger partial charge in [-0.15, -0.1) is 21.5 Å². The van der Waals surface area contributed by atoms with Gasteiger partial charge in [0.05, 0.1) is 19.0 Å². The van der Waals surface area contributed by atoms with Crippen LogP contribution in [0, 0.1) is 0 Å². The van der Waals surface area contributed by atoms with Crippen molar-refractivity contribution in [3.63, 3.8) is 0 Å². The van der Waals surface area contributed by atoms with Gasteiger partial charge in [-0.3, -0.25) is 4.79 Å². The minimum Gasteiger partial charge on any atom is -0.497 e. The van der Waals surface area contributed by atoms with Crippen LogP contribution in [0.25, 0.3) is 32.6 Å². The molecule has 5 rings (SSSR count). The second-order valence-corrected chi connectivity index (χ2v) is 8.65. The molecule has 35 heavy (non-hydrogen) atoms. The Morgan fingerprint density at radius 2 is 1.60 bits per heavy atom. The van der Waals surface area contributed by atoms with Gasteiger partial charge in [-0.25, -0.2) is 5.43 Å². The van der Waals surface area contributed by atoms with E-state index < -0.39 is 5.91 Å². The number of methoxy groups -OCH3 is 1. The molecule has 0 aliphatic rings. The summed E-state index contributed by atoms with van der Waals surface area (Å²) in [6.45, 7) is 0. The Kier molecular flexibility index (Phi) is 6.19. The summed E-state index contributed by atoms with van der Waals surface area (Å²) in [5, 5.41) is 13.7. The van der Waals surface area contributed by atoms with Crippen molar-refractivity contribution in [1.29, 1.82) is 0 Å². The molecule has 172 valence electrons. The van der Waals surface area contributed by atoms with E-state index in [4.69, 9.17) is 10.5 Å². The van der Waals surface area contributed by atoms with E-state index in [-0.39, 0.29) is 0 Å². The van der Waals surface area contributed by atoms with Crippen LogP contribution in [0.1, 0.15) is 15.2 Å². The second-order valence-electron chi connectivity index (χ2n) is 7.65. The van der Waals surface area contributed by atoms with Crippen LogP contribution in [0.3, 0.4) is 0 Å². The van der Waals surface area contributed by atoms with Crippen molar-refractivity contribution < 1.29 is 9.53 Å². The van der Waals surface area contributed by atoms with E-state index in [0.717, 1.165) is 28.0 Å². The first kappa shape index (κ1) is 22.2. The van der Waals surface area contributed by atoms with Crippen molar-refractivity contribution in [3.8, 4) is 28.1 Å². The molecular weight excluding hydrogens is 458 g/mol. The highest BCUT2D eigenvalue weighted by Crippen LogP contribution is 2.42.